The number of nitrogens with two attached hydrogens (primary N) is 1. The largest absolute Gasteiger partial charge is 0.329 e. The Kier molecular flexibility index (Phi) is 6.50. The minimum Gasteiger partial charge on any atom is -0.329 e. The van der Waals surface area contributed by atoms with E-state index in [1.165, 1.54) is 38.6 Å². The first-order valence-corrected chi connectivity index (χ1v) is 7.59. The van der Waals surface area contributed by atoms with Gasteiger partial charge in [-0.3, -0.25) is 4.90 Å². The number of piperidine rings is 1. The maximum absolute atomic E-state index is 6.00. The molecule has 4 unspecified atom stereocenters. The van der Waals surface area contributed by atoms with Crippen LogP contribution in [0.25, 0.3) is 0 Å². The molecule has 1 fully saturated rings. The first kappa shape index (κ1) is 15.0. The molecule has 2 nitrogen and oxygen atoms in total. The lowest BCUT2D eigenvalue weighted by Gasteiger charge is -2.44. The van der Waals surface area contributed by atoms with Crippen LogP contribution < -0.4 is 5.73 Å². The fourth-order valence-electron chi connectivity index (χ4n) is 3.27. The smallest absolute Gasteiger partial charge is 0.0246 e. The van der Waals surface area contributed by atoms with E-state index in [4.69, 9.17) is 5.73 Å². The number of likely N-dealkylation sites (tertiary alicyclic amines) is 1. The molecule has 0 spiro atoms. The van der Waals surface area contributed by atoms with Crippen LogP contribution in [0.3, 0.4) is 0 Å². The third kappa shape index (κ3) is 3.96. The number of nitrogens with zero attached hydrogens (tertiary/aromatic N) is 1. The van der Waals surface area contributed by atoms with Crippen molar-refractivity contribution in [2.24, 2.45) is 17.6 Å². The van der Waals surface area contributed by atoms with E-state index in [9.17, 15) is 0 Å². The normalized spacial score (nSPS) is 30.2. The summed E-state index contributed by atoms with van der Waals surface area (Å²) in [7, 11) is 0. The quantitative estimate of drug-likeness (QED) is 0.772. The number of rotatable bonds is 6. The van der Waals surface area contributed by atoms with Gasteiger partial charge in [0, 0.05) is 18.6 Å². The molecule has 1 saturated heterocycles. The van der Waals surface area contributed by atoms with Crippen LogP contribution in [0.4, 0.5) is 0 Å². The second kappa shape index (κ2) is 7.38. The predicted octanol–water partition coefficient (Wildman–Crippen LogP) is 3.26. The van der Waals surface area contributed by atoms with Crippen LogP contribution in [0.5, 0.6) is 0 Å². The second-order valence-corrected chi connectivity index (χ2v) is 5.97. The molecule has 2 N–H and O–H groups in total. The van der Waals surface area contributed by atoms with Crippen molar-refractivity contribution in [3.05, 3.63) is 0 Å². The molecule has 1 heterocycles. The Morgan fingerprint density at radius 1 is 1.29 bits per heavy atom. The molecule has 0 aromatic carbocycles. The van der Waals surface area contributed by atoms with E-state index in [0.29, 0.717) is 6.04 Å². The number of hydrogen-bond acceptors (Lipinski definition) is 2. The molecular weight excluding hydrogens is 208 g/mol. The third-order valence-electron chi connectivity index (χ3n) is 4.71. The van der Waals surface area contributed by atoms with Gasteiger partial charge in [-0.05, 0) is 44.1 Å². The highest BCUT2D eigenvalue weighted by molar-refractivity contribution is 4.87. The monoisotopic (exact) mass is 240 g/mol. The standard InChI is InChI=1S/C15H32N2/c1-5-12(3)10-14(6-2)17-9-7-8-13(4)15(17)11-16/h12-15H,5-11,16H2,1-4H3. The maximum atomic E-state index is 6.00. The molecule has 102 valence electrons. The van der Waals surface area contributed by atoms with Gasteiger partial charge in [0.2, 0.25) is 0 Å². The molecule has 0 aliphatic carbocycles. The zero-order valence-corrected chi connectivity index (χ0v) is 12.3. The summed E-state index contributed by atoms with van der Waals surface area (Å²) in [5.74, 6) is 1.62. The third-order valence-corrected chi connectivity index (χ3v) is 4.71. The van der Waals surface area contributed by atoms with Crippen LogP contribution >= 0.6 is 0 Å². The molecule has 4 atom stereocenters. The minimum absolute atomic E-state index is 0.623. The van der Waals surface area contributed by atoms with Crippen molar-refractivity contribution in [3.63, 3.8) is 0 Å². The van der Waals surface area contributed by atoms with Crippen LogP contribution in [-0.2, 0) is 0 Å². The Labute approximate surface area is 108 Å². The Bertz CT molecular complexity index is 205. The zero-order valence-electron chi connectivity index (χ0n) is 12.3. The van der Waals surface area contributed by atoms with E-state index in [1.807, 2.05) is 0 Å². The van der Waals surface area contributed by atoms with E-state index >= 15 is 0 Å². The predicted molar refractivity (Wildman–Crippen MR) is 76.1 cm³/mol. The highest BCUT2D eigenvalue weighted by Crippen LogP contribution is 2.28. The molecule has 1 aliphatic rings. The van der Waals surface area contributed by atoms with Gasteiger partial charge >= 0.3 is 0 Å². The Hall–Kier alpha value is -0.0800. The van der Waals surface area contributed by atoms with E-state index < -0.39 is 0 Å². The molecule has 1 rings (SSSR count). The summed E-state index contributed by atoms with van der Waals surface area (Å²) in [6.45, 7) is 11.5. The van der Waals surface area contributed by atoms with Gasteiger partial charge < -0.3 is 5.73 Å². The molecule has 0 aromatic rings. The van der Waals surface area contributed by atoms with Gasteiger partial charge in [0.1, 0.15) is 0 Å². The van der Waals surface area contributed by atoms with Crippen molar-refractivity contribution in [2.45, 2.75) is 71.9 Å². The van der Waals surface area contributed by atoms with Crippen LogP contribution in [0.2, 0.25) is 0 Å². The van der Waals surface area contributed by atoms with Crippen LogP contribution in [0.15, 0.2) is 0 Å². The Morgan fingerprint density at radius 2 is 2.00 bits per heavy atom. The highest BCUT2D eigenvalue weighted by Gasteiger charge is 2.31. The van der Waals surface area contributed by atoms with Crippen LogP contribution in [0.1, 0.15) is 59.8 Å². The lowest BCUT2D eigenvalue weighted by atomic mass is 9.87. The van der Waals surface area contributed by atoms with Gasteiger partial charge in [-0.1, -0.05) is 34.1 Å². The van der Waals surface area contributed by atoms with Gasteiger partial charge in [0.15, 0.2) is 0 Å². The summed E-state index contributed by atoms with van der Waals surface area (Å²) < 4.78 is 0. The van der Waals surface area contributed by atoms with Gasteiger partial charge in [0.25, 0.3) is 0 Å². The lowest BCUT2D eigenvalue weighted by Crippen LogP contribution is -2.53. The molecule has 0 bridgehead atoms. The topological polar surface area (TPSA) is 29.3 Å². The van der Waals surface area contributed by atoms with Crippen molar-refractivity contribution in [3.8, 4) is 0 Å². The highest BCUT2D eigenvalue weighted by atomic mass is 15.2. The first-order chi connectivity index (χ1) is 8.13. The minimum atomic E-state index is 0.623. The summed E-state index contributed by atoms with van der Waals surface area (Å²) in [5.41, 5.74) is 6.00. The average molecular weight is 240 g/mol. The lowest BCUT2D eigenvalue weighted by molar-refractivity contribution is 0.0495. The molecule has 0 saturated carbocycles. The summed E-state index contributed by atoms with van der Waals surface area (Å²) in [6, 6.07) is 1.37. The van der Waals surface area contributed by atoms with Crippen molar-refractivity contribution >= 4 is 0 Å². The molecule has 0 radical (unpaired) electrons. The SMILES string of the molecule is CCC(C)CC(CC)N1CCCC(C)C1CN. The second-order valence-electron chi connectivity index (χ2n) is 5.97. The molecule has 17 heavy (non-hydrogen) atoms. The Morgan fingerprint density at radius 3 is 2.53 bits per heavy atom. The maximum Gasteiger partial charge on any atom is 0.0246 e. The summed E-state index contributed by atoms with van der Waals surface area (Å²) in [6.07, 6.45) is 6.63. The van der Waals surface area contributed by atoms with Crippen molar-refractivity contribution < 1.29 is 0 Å². The van der Waals surface area contributed by atoms with E-state index in [1.54, 1.807) is 0 Å². The molecule has 0 aromatic heterocycles. The van der Waals surface area contributed by atoms with E-state index in [0.717, 1.165) is 24.4 Å². The van der Waals surface area contributed by atoms with Gasteiger partial charge in [-0.25, -0.2) is 0 Å². The zero-order chi connectivity index (χ0) is 12.8. The van der Waals surface area contributed by atoms with Crippen LogP contribution in [0, 0.1) is 11.8 Å². The van der Waals surface area contributed by atoms with Crippen molar-refractivity contribution in [2.75, 3.05) is 13.1 Å². The Balaban J connectivity index is 2.64. The van der Waals surface area contributed by atoms with Gasteiger partial charge in [-0.2, -0.15) is 0 Å². The molecule has 0 amide bonds. The summed E-state index contributed by atoms with van der Waals surface area (Å²) >= 11 is 0. The summed E-state index contributed by atoms with van der Waals surface area (Å²) in [5, 5.41) is 0. The molecule has 2 heteroatoms. The fraction of sp³-hybridized carbons (Fsp3) is 1.00. The van der Waals surface area contributed by atoms with E-state index in [2.05, 4.69) is 32.6 Å². The van der Waals surface area contributed by atoms with Crippen molar-refractivity contribution in [1.29, 1.82) is 0 Å². The van der Waals surface area contributed by atoms with Gasteiger partial charge in [-0.15, -0.1) is 0 Å². The van der Waals surface area contributed by atoms with Crippen molar-refractivity contribution in [1.82, 2.24) is 4.90 Å². The fourth-order valence-corrected chi connectivity index (χ4v) is 3.27. The number of hydrogen-bond donors (Lipinski definition) is 1. The summed E-state index contributed by atoms with van der Waals surface area (Å²) in [4.78, 5) is 2.72. The van der Waals surface area contributed by atoms with Crippen LogP contribution in [-0.4, -0.2) is 30.1 Å². The molecular formula is C15H32N2. The molecule has 1 aliphatic heterocycles. The van der Waals surface area contributed by atoms with E-state index in [-0.39, 0.29) is 0 Å². The van der Waals surface area contributed by atoms with Gasteiger partial charge in [0.05, 0.1) is 0 Å². The average Bonchev–Trinajstić information content (AvgIpc) is 2.35. The first-order valence-electron chi connectivity index (χ1n) is 7.59.